The van der Waals surface area contributed by atoms with E-state index in [4.69, 9.17) is 4.74 Å². The van der Waals surface area contributed by atoms with Crippen molar-refractivity contribution in [3.05, 3.63) is 53.3 Å². The summed E-state index contributed by atoms with van der Waals surface area (Å²) < 4.78 is 5.43. The molecule has 0 aliphatic heterocycles. The van der Waals surface area contributed by atoms with Gasteiger partial charge in [0, 0.05) is 53.7 Å². The molecule has 2 aromatic rings. The van der Waals surface area contributed by atoms with Gasteiger partial charge in [-0.3, -0.25) is 4.98 Å². The van der Waals surface area contributed by atoms with E-state index in [2.05, 4.69) is 58.7 Å². The number of halogens is 1. The molecule has 0 spiro atoms. The molecular weight excluding hydrogens is 444 g/mol. The lowest BCUT2D eigenvalue weighted by Crippen LogP contribution is -2.30. The minimum absolute atomic E-state index is 0. The number of carbonyl (C=O) groups excluding carboxylic acids is 1. The summed E-state index contributed by atoms with van der Waals surface area (Å²) in [5.74, 6) is 1.03. The maximum atomic E-state index is 12.2. The number of ether oxygens (including phenoxy) is 1. The number of amides is 1. The lowest BCUT2D eigenvalue weighted by atomic mass is 9.79. The van der Waals surface area contributed by atoms with E-state index in [1.165, 1.54) is 0 Å². The number of nitrogens with zero attached hydrogens (tertiary/aromatic N) is 2. The van der Waals surface area contributed by atoms with Crippen LogP contribution in [0.15, 0.2) is 41.4 Å². The number of hydrogen-bond acceptors (Lipinski definition) is 5. The Morgan fingerprint density at radius 3 is 2.19 bits per heavy atom. The highest BCUT2D eigenvalue weighted by Crippen LogP contribution is 2.41. The number of rotatable bonds is 7. The van der Waals surface area contributed by atoms with Gasteiger partial charge < -0.3 is 14.7 Å². The minimum atomic E-state index is -0.326. The molecule has 1 amide bonds. The van der Waals surface area contributed by atoms with Crippen molar-refractivity contribution in [1.29, 1.82) is 0 Å². The fourth-order valence-corrected chi connectivity index (χ4v) is 3.96. The Kier molecular flexibility index (Phi) is 10.4. The lowest BCUT2D eigenvalue weighted by Gasteiger charge is -2.28. The molecule has 32 heavy (non-hydrogen) atoms. The standard InChI is InChI=1S/C25H36N2O3S.ClH/c1-24(2,3)20-16-19(17-21(22(20)28)25(4,5)6)31-15-14-30-23(29)27(7)13-11-18-10-8-9-12-26-18;/h8-10,12,16-17,28H,11,13-15H2,1-7H3;1H. The fraction of sp³-hybridized carbons (Fsp3) is 0.520. The number of phenolic OH excluding ortho intramolecular Hbond substituents is 1. The smallest absolute Gasteiger partial charge is 0.409 e. The molecule has 0 radical (unpaired) electrons. The maximum absolute atomic E-state index is 12.2. The molecular formula is C25H37ClN2O3S. The minimum Gasteiger partial charge on any atom is -0.507 e. The number of phenols is 1. The average Bonchev–Trinajstić information content (AvgIpc) is 2.69. The first-order valence-electron chi connectivity index (χ1n) is 10.7. The summed E-state index contributed by atoms with van der Waals surface area (Å²) in [6.07, 6.45) is 2.12. The van der Waals surface area contributed by atoms with Gasteiger partial charge in [-0.05, 0) is 35.1 Å². The van der Waals surface area contributed by atoms with Crippen LogP contribution in [0.3, 0.4) is 0 Å². The number of likely N-dealkylation sites (N-methyl/N-ethyl adjacent to an activating group) is 1. The molecule has 1 aromatic carbocycles. The van der Waals surface area contributed by atoms with Crippen LogP contribution in [0.2, 0.25) is 0 Å². The van der Waals surface area contributed by atoms with Gasteiger partial charge in [0.15, 0.2) is 0 Å². The van der Waals surface area contributed by atoms with E-state index in [0.717, 1.165) is 21.7 Å². The molecule has 0 saturated heterocycles. The summed E-state index contributed by atoms with van der Waals surface area (Å²) in [4.78, 5) is 19.2. The van der Waals surface area contributed by atoms with E-state index in [0.29, 0.717) is 31.1 Å². The SMILES string of the molecule is CN(CCc1ccccn1)C(=O)OCCSc1cc(C(C)(C)C)c(O)c(C(C)(C)C)c1.Cl. The summed E-state index contributed by atoms with van der Waals surface area (Å²) in [5, 5.41) is 10.8. The molecule has 0 aliphatic carbocycles. The Bertz CT molecular complexity index is 842. The van der Waals surface area contributed by atoms with Gasteiger partial charge in [-0.2, -0.15) is 0 Å². The van der Waals surface area contributed by atoms with Gasteiger partial charge in [0.1, 0.15) is 12.4 Å². The van der Waals surface area contributed by atoms with Crippen LogP contribution in [0.25, 0.3) is 0 Å². The largest absolute Gasteiger partial charge is 0.507 e. The Morgan fingerprint density at radius 1 is 1.09 bits per heavy atom. The quantitative estimate of drug-likeness (QED) is 0.377. The van der Waals surface area contributed by atoms with Crippen LogP contribution in [-0.2, 0) is 22.0 Å². The molecule has 0 atom stereocenters. The van der Waals surface area contributed by atoms with Crippen molar-refractivity contribution in [2.45, 2.75) is 63.7 Å². The molecule has 1 aromatic heterocycles. The maximum Gasteiger partial charge on any atom is 0.409 e. The molecule has 0 saturated carbocycles. The number of aromatic hydroxyl groups is 1. The summed E-state index contributed by atoms with van der Waals surface area (Å²) in [5.41, 5.74) is 2.50. The molecule has 0 unspecified atom stereocenters. The predicted molar refractivity (Wildman–Crippen MR) is 135 cm³/mol. The van der Waals surface area contributed by atoms with Crippen molar-refractivity contribution in [3.63, 3.8) is 0 Å². The Labute approximate surface area is 203 Å². The second kappa shape index (κ2) is 11.8. The average molecular weight is 481 g/mol. The second-order valence-electron chi connectivity index (χ2n) is 9.82. The van der Waals surface area contributed by atoms with Crippen molar-refractivity contribution in [2.75, 3.05) is 26.0 Å². The van der Waals surface area contributed by atoms with Crippen LogP contribution in [-0.4, -0.2) is 47.0 Å². The molecule has 2 rings (SSSR count). The lowest BCUT2D eigenvalue weighted by molar-refractivity contribution is 0.117. The molecule has 178 valence electrons. The highest BCUT2D eigenvalue weighted by Gasteiger charge is 2.26. The highest BCUT2D eigenvalue weighted by molar-refractivity contribution is 7.99. The van der Waals surface area contributed by atoms with E-state index < -0.39 is 0 Å². The molecule has 0 aliphatic rings. The zero-order valence-electron chi connectivity index (χ0n) is 20.3. The number of hydrogen-bond donors (Lipinski definition) is 1. The van der Waals surface area contributed by atoms with Crippen molar-refractivity contribution in [2.24, 2.45) is 0 Å². The predicted octanol–water partition coefficient (Wildman–Crippen LogP) is 6.21. The van der Waals surface area contributed by atoms with Crippen LogP contribution in [0.4, 0.5) is 4.79 Å². The molecule has 0 bridgehead atoms. The first-order valence-corrected chi connectivity index (χ1v) is 11.7. The number of aromatic nitrogens is 1. The van der Waals surface area contributed by atoms with Gasteiger partial charge in [-0.25, -0.2) is 4.79 Å². The Hall–Kier alpha value is -1.92. The Balaban J connectivity index is 0.00000512. The topological polar surface area (TPSA) is 62.7 Å². The zero-order chi connectivity index (χ0) is 23.2. The number of thioether (sulfide) groups is 1. The first-order chi connectivity index (χ1) is 14.4. The third-order valence-corrected chi connectivity index (χ3v) is 5.96. The van der Waals surface area contributed by atoms with Gasteiger partial charge in [-0.15, -0.1) is 24.2 Å². The summed E-state index contributed by atoms with van der Waals surface area (Å²) in [6.45, 7) is 13.5. The van der Waals surface area contributed by atoms with Crippen molar-refractivity contribution < 1.29 is 14.6 Å². The van der Waals surface area contributed by atoms with Crippen LogP contribution in [0.5, 0.6) is 5.75 Å². The van der Waals surface area contributed by atoms with E-state index in [9.17, 15) is 9.90 Å². The zero-order valence-corrected chi connectivity index (χ0v) is 21.9. The van der Waals surface area contributed by atoms with Crippen LogP contribution in [0, 0.1) is 0 Å². The summed E-state index contributed by atoms with van der Waals surface area (Å²) in [6, 6.07) is 9.87. The van der Waals surface area contributed by atoms with Gasteiger partial charge in [0.05, 0.1) is 0 Å². The third-order valence-electron chi connectivity index (χ3n) is 5.02. The van der Waals surface area contributed by atoms with E-state index in [1.807, 2.05) is 18.2 Å². The molecule has 1 heterocycles. The third kappa shape index (κ3) is 8.21. The van der Waals surface area contributed by atoms with Gasteiger partial charge >= 0.3 is 6.09 Å². The number of benzene rings is 1. The first kappa shape index (κ1) is 28.1. The molecule has 5 nitrogen and oxygen atoms in total. The van der Waals surface area contributed by atoms with Crippen LogP contribution in [0.1, 0.15) is 58.4 Å². The van der Waals surface area contributed by atoms with Gasteiger partial charge in [0.2, 0.25) is 0 Å². The molecule has 1 N–H and O–H groups in total. The van der Waals surface area contributed by atoms with E-state index >= 15 is 0 Å². The number of pyridine rings is 1. The summed E-state index contributed by atoms with van der Waals surface area (Å²) in [7, 11) is 1.74. The monoisotopic (exact) mass is 480 g/mol. The van der Waals surface area contributed by atoms with Gasteiger partial charge in [0.25, 0.3) is 0 Å². The Morgan fingerprint density at radius 2 is 1.69 bits per heavy atom. The second-order valence-corrected chi connectivity index (χ2v) is 11.0. The number of carbonyl (C=O) groups is 1. The van der Waals surface area contributed by atoms with E-state index in [1.54, 1.807) is 29.9 Å². The van der Waals surface area contributed by atoms with Gasteiger partial charge in [-0.1, -0.05) is 47.6 Å². The molecule has 7 heteroatoms. The highest BCUT2D eigenvalue weighted by atomic mass is 35.5. The fourth-order valence-electron chi connectivity index (χ4n) is 3.15. The van der Waals surface area contributed by atoms with Crippen molar-refractivity contribution >= 4 is 30.3 Å². The summed E-state index contributed by atoms with van der Waals surface area (Å²) >= 11 is 1.64. The van der Waals surface area contributed by atoms with Crippen molar-refractivity contribution in [1.82, 2.24) is 9.88 Å². The normalized spacial score (nSPS) is 11.6. The van der Waals surface area contributed by atoms with Crippen LogP contribution < -0.4 is 0 Å². The van der Waals surface area contributed by atoms with Crippen molar-refractivity contribution in [3.8, 4) is 5.75 Å². The van der Waals surface area contributed by atoms with E-state index in [-0.39, 0.29) is 29.3 Å². The molecule has 0 fully saturated rings. The van der Waals surface area contributed by atoms with Crippen LogP contribution >= 0.6 is 24.2 Å².